The Morgan fingerprint density at radius 1 is 1.05 bits per heavy atom. The fourth-order valence-electron chi connectivity index (χ4n) is 5.86. The number of morpholine rings is 1. The van der Waals surface area contributed by atoms with Crippen LogP contribution >= 0.6 is 11.3 Å². The number of hydrogen-bond acceptors (Lipinski definition) is 7. The van der Waals surface area contributed by atoms with Gasteiger partial charge in [0.15, 0.2) is 5.78 Å². The summed E-state index contributed by atoms with van der Waals surface area (Å²) in [5, 5.41) is 1.84. The SMILES string of the molecule is CC(=O)c1ccc(S(=O)(=O)N2CC3C(CN(C(=O)c4cccs4)c4ccc(N5CCOCC5)c(F)c4)C3C2)cc1. The number of hydrogen-bond donors (Lipinski definition) is 0. The van der Waals surface area contributed by atoms with Gasteiger partial charge in [-0.1, -0.05) is 18.2 Å². The fourth-order valence-corrected chi connectivity index (χ4v) is 8.05. The zero-order chi connectivity index (χ0) is 28.0. The number of ketones is 1. The maximum atomic E-state index is 15.3. The molecule has 1 aliphatic carbocycles. The lowest BCUT2D eigenvalue weighted by molar-refractivity contribution is 0.0986. The smallest absolute Gasteiger partial charge is 0.268 e. The van der Waals surface area contributed by atoms with Crippen LogP contribution in [0.4, 0.5) is 15.8 Å². The minimum atomic E-state index is -3.68. The normalized spacial score (nSPS) is 22.6. The molecule has 0 radical (unpaired) electrons. The lowest BCUT2D eigenvalue weighted by atomic mass is 10.2. The number of Topliss-reactive ketones (excluding diaryl/α,β-unsaturated/α-hetero) is 1. The number of anilines is 2. The number of fused-ring (bicyclic) bond motifs is 1. The van der Waals surface area contributed by atoms with Crippen molar-refractivity contribution in [1.29, 1.82) is 0 Å². The number of ether oxygens (including phenoxy) is 1. The third kappa shape index (κ3) is 5.07. The van der Waals surface area contributed by atoms with E-state index in [-0.39, 0.29) is 40.2 Å². The van der Waals surface area contributed by atoms with Crippen molar-refractivity contribution < 1.29 is 27.1 Å². The number of carbonyl (C=O) groups excluding carboxylic acids is 2. The Morgan fingerprint density at radius 2 is 1.75 bits per heavy atom. The van der Waals surface area contributed by atoms with Crippen molar-refractivity contribution in [2.45, 2.75) is 11.8 Å². The Bertz CT molecular complexity index is 1510. The molecular formula is C29H30FN3O5S2. The molecule has 6 rings (SSSR count). The summed E-state index contributed by atoms with van der Waals surface area (Å²) < 4.78 is 48.6. The maximum Gasteiger partial charge on any atom is 0.268 e. The van der Waals surface area contributed by atoms with E-state index in [1.54, 1.807) is 23.1 Å². The zero-order valence-electron chi connectivity index (χ0n) is 22.0. The predicted octanol–water partition coefficient (Wildman–Crippen LogP) is 4.14. The summed E-state index contributed by atoms with van der Waals surface area (Å²) in [6.07, 6.45) is 0. The highest BCUT2D eigenvalue weighted by atomic mass is 32.2. The van der Waals surface area contributed by atoms with E-state index in [0.29, 0.717) is 67.8 Å². The molecule has 2 saturated heterocycles. The summed E-state index contributed by atoms with van der Waals surface area (Å²) in [5.74, 6) is -0.311. The van der Waals surface area contributed by atoms with E-state index in [1.165, 1.54) is 52.9 Å². The second-order valence-corrected chi connectivity index (χ2v) is 13.4. The first-order valence-electron chi connectivity index (χ1n) is 13.3. The monoisotopic (exact) mass is 583 g/mol. The first-order valence-corrected chi connectivity index (χ1v) is 15.6. The first kappa shape index (κ1) is 27.1. The van der Waals surface area contributed by atoms with Crippen molar-refractivity contribution in [2.24, 2.45) is 17.8 Å². The number of piperidine rings is 1. The molecule has 2 atom stereocenters. The van der Waals surface area contributed by atoms with Crippen molar-refractivity contribution >= 4 is 44.4 Å². The lowest BCUT2D eigenvalue weighted by Gasteiger charge is -2.30. The van der Waals surface area contributed by atoms with Gasteiger partial charge in [0.2, 0.25) is 10.0 Å². The van der Waals surface area contributed by atoms with Gasteiger partial charge in [0.05, 0.1) is 28.7 Å². The molecule has 210 valence electrons. The van der Waals surface area contributed by atoms with E-state index in [0.717, 1.165) is 0 Å². The van der Waals surface area contributed by atoms with Crippen molar-refractivity contribution in [3.05, 3.63) is 76.2 Å². The van der Waals surface area contributed by atoms with Crippen LogP contribution in [0, 0.1) is 23.6 Å². The third-order valence-electron chi connectivity index (χ3n) is 8.20. The summed E-state index contributed by atoms with van der Waals surface area (Å²) >= 11 is 1.34. The molecule has 0 spiro atoms. The van der Waals surface area contributed by atoms with Gasteiger partial charge in [0.1, 0.15) is 5.82 Å². The summed E-state index contributed by atoms with van der Waals surface area (Å²) in [6, 6.07) is 14.5. The average molecular weight is 584 g/mol. The average Bonchev–Trinajstić information content (AvgIpc) is 3.35. The van der Waals surface area contributed by atoms with Gasteiger partial charge in [0.25, 0.3) is 5.91 Å². The molecule has 3 aromatic rings. The highest BCUT2D eigenvalue weighted by Crippen LogP contribution is 2.53. The topological polar surface area (TPSA) is 87.2 Å². The Kier molecular flexibility index (Phi) is 7.24. The third-order valence-corrected chi connectivity index (χ3v) is 10.9. The number of rotatable bonds is 8. The van der Waals surface area contributed by atoms with Gasteiger partial charge < -0.3 is 14.5 Å². The number of halogens is 1. The Balaban J connectivity index is 1.18. The van der Waals surface area contributed by atoms with Gasteiger partial charge >= 0.3 is 0 Å². The standard InChI is InChI=1S/C29H30FN3O5S2/c1-19(34)20-4-7-22(8-5-20)40(36,37)32-16-23-24(17-32)25(23)18-33(29(35)28-3-2-14-39-28)21-6-9-27(26(30)15-21)31-10-12-38-13-11-31/h2-9,14-15,23-25H,10-13,16-18H2,1H3. The molecule has 0 N–H and O–H groups in total. The quantitative estimate of drug-likeness (QED) is 0.371. The van der Waals surface area contributed by atoms with Crippen LogP contribution < -0.4 is 9.80 Å². The molecule has 11 heteroatoms. The van der Waals surface area contributed by atoms with Crippen molar-refractivity contribution in [1.82, 2.24) is 4.31 Å². The van der Waals surface area contributed by atoms with E-state index < -0.39 is 10.0 Å². The summed E-state index contributed by atoms with van der Waals surface area (Å²) in [7, 11) is -3.68. The molecule has 40 heavy (non-hydrogen) atoms. The van der Waals surface area contributed by atoms with Crippen LogP contribution in [0.3, 0.4) is 0 Å². The molecule has 2 aliphatic heterocycles. The summed E-state index contributed by atoms with van der Waals surface area (Å²) in [6.45, 7) is 4.89. The van der Waals surface area contributed by atoms with Gasteiger partial charge in [0, 0.05) is 44.0 Å². The fraction of sp³-hybridized carbons (Fsp3) is 0.379. The van der Waals surface area contributed by atoms with Crippen LogP contribution in [0.1, 0.15) is 27.0 Å². The maximum absolute atomic E-state index is 15.3. The Morgan fingerprint density at radius 3 is 2.35 bits per heavy atom. The summed E-state index contributed by atoms with van der Waals surface area (Å²) in [4.78, 5) is 29.4. The molecule has 1 aromatic heterocycles. The van der Waals surface area contributed by atoms with Gasteiger partial charge in [-0.3, -0.25) is 9.59 Å². The highest BCUT2D eigenvalue weighted by Gasteiger charge is 2.58. The van der Waals surface area contributed by atoms with Gasteiger partial charge in [-0.25, -0.2) is 12.8 Å². The van der Waals surface area contributed by atoms with Gasteiger partial charge in [-0.05, 0) is 66.5 Å². The minimum absolute atomic E-state index is 0.119. The van der Waals surface area contributed by atoms with Crippen LogP contribution in [0.5, 0.6) is 0 Å². The van der Waals surface area contributed by atoms with E-state index >= 15 is 4.39 Å². The van der Waals surface area contributed by atoms with Crippen molar-refractivity contribution in [2.75, 3.05) is 55.7 Å². The number of nitrogens with zero attached hydrogens (tertiary/aromatic N) is 3. The predicted molar refractivity (Wildman–Crippen MR) is 151 cm³/mol. The molecule has 2 unspecified atom stereocenters. The minimum Gasteiger partial charge on any atom is -0.378 e. The number of carbonyl (C=O) groups is 2. The molecule has 0 bridgehead atoms. The first-order chi connectivity index (χ1) is 19.2. The molecule has 8 nitrogen and oxygen atoms in total. The summed E-state index contributed by atoms with van der Waals surface area (Å²) in [5.41, 5.74) is 1.46. The number of thiophene rings is 1. The van der Waals surface area contributed by atoms with Gasteiger partial charge in [-0.2, -0.15) is 4.31 Å². The molecule has 1 saturated carbocycles. The van der Waals surface area contributed by atoms with E-state index in [4.69, 9.17) is 4.74 Å². The highest BCUT2D eigenvalue weighted by molar-refractivity contribution is 7.89. The zero-order valence-corrected chi connectivity index (χ0v) is 23.7. The van der Waals surface area contributed by atoms with Crippen LogP contribution in [0.2, 0.25) is 0 Å². The van der Waals surface area contributed by atoms with Crippen molar-refractivity contribution in [3.63, 3.8) is 0 Å². The Labute approximate surface area is 237 Å². The van der Waals surface area contributed by atoms with Crippen LogP contribution in [-0.4, -0.2) is 70.4 Å². The van der Waals surface area contributed by atoms with E-state index in [2.05, 4.69) is 0 Å². The second kappa shape index (κ2) is 10.7. The van der Waals surface area contributed by atoms with E-state index in [9.17, 15) is 18.0 Å². The second-order valence-electron chi connectivity index (χ2n) is 10.5. The van der Waals surface area contributed by atoms with Crippen molar-refractivity contribution in [3.8, 4) is 0 Å². The molecule has 3 aliphatic rings. The molecule has 2 aromatic carbocycles. The van der Waals surface area contributed by atoms with Crippen LogP contribution in [-0.2, 0) is 14.8 Å². The largest absolute Gasteiger partial charge is 0.378 e. The number of amides is 1. The van der Waals surface area contributed by atoms with Crippen LogP contribution in [0.25, 0.3) is 0 Å². The number of benzene rings is 2. The Hall–Kier alpha value is -3.12. The van der Waals surface area contributed by atoms with Gasteiger partial charge in [-0.15, -0.1) is 11.3 Å². The molecule has 3 fully saturated rings. The van der Waals surface area contributed by atoms with E-state index in [1.807, 2.05) is 16.3 Å². The molecular weight excluding hydrogens is 553 g/mol. The number of sulfonamides is 1. The van der Waals surface area contributed by atoms with Crippen LogP contribution in [0.15, 0.2) is 64.9 Å². The molecule has 1 amide bonds. The lowest BCUT2D eigenvalue weighted by Crippen LogP contribution is -2.37. The molecule has 3 heterocycles.